The van der Waals surface area contributed by atoms with Crippen LogP contribution in [0.25, 0.3) is 6.08 Å². The Morgan fingerprint density at radius 1 is 1.11 bits per heavy atom. The van der Waals surface area contributed by atoms with Gasteiger partial charge in [0.05, 0.1) is 5.25 Å². The number of hydrogen-bond acceptors (Lipinski definition) is 4. The van der Waals surface area contributed by atoms with E-state index in [1.807, 2.05) is 0 Å². The summed E-state index contributed by atoms with van der Waals surface area (Å²) >= 11 is 0. The van der Waals surface area contributed by atoms with Crippen molar-refractivity contribution in [2.24, 2.45) is 0 Å². The molecular formula is C12H15NO4S2. The van der Waals surface area contributed by atoms with Crippen LogP contribution in [0.5, 0.6) is 0 Å². The Morgan fingerprint density at radius 3 is 2.16 bits per heavy atom. The Balaban J connectivity index is 2.08. The number of sulfonamides is 1. The summed E-state index contributed by atoms with van der Waals surface area (Å²) in [4.78, 5) is 0. The highest BCUT2D eigenvalue weighted by molar-refractivity contribution is 7.93. The molecule has 0 aliphatic heterocycles. The van der Waals surface area contributed by atoms with Crippen LogP contribution < -0.4 is 4.72 Å². The molecule has 1 aliphatic carbocycles. The van der Waals surface area contributed by atoms with Crippen LogP contribution in [0.4, 0.5) is 5.69 Å². The lowest BCUT2D eigenvalue weighted by Gasteiger charge is -2.06. The summed E-state index contributed by atoms with van der Waals surface area (Å²) in [6, 6.07) is 6.54. The lowest BCUT2D eigenvalue weighted by atomic mass is 10.2. The number of sulfone groups is 1. The van der Waals surface area contributed by atoms with Crippen LogP contribution >= 0.6 is 0 Å². The van der Waals surface area contributed by atoms with Crippen molar-refractivity contribution in [3.8, 4) is 0 Å². The number of anilines is 1. The normalized spacial score (nSPS) is 16.7. The Labute approximate surface area is 113 Å². The second kappa shape index (κ2) is 4.97. The third-order valence-corrected chi connectivity index (χ3v) is 5.14. The Bertz CT molecular complexity index is 684. The summed E-state index contributed by atoms with van der Waals surface area (Å²) in [5.41, 5.74) is 1.18. The van der Waals surface area contributed by atoms with Crippen molar-refractivity contribution in [2.75, 3.05) is 11.0 Å². The van der Waals surface area contributed by atoms with Crippen LogP contribution in [0.15, 0.2) is 29.7 Å². The van der Waals surface area contributed by atoms with Crippen LogP contribution in [-0.2, 0) is 19.9 Å². The van der Waals surface area contributed by atoms with E-state index in [9.17, 15) is 16.8 Å². The first-order chi connectivity index (χ1) is 8.76. The zero-order valence-corrected chi connectivity index (χ0v) is 12.0. The molecule has 1 fully saturated rings. The molecule has 1 aliphatic rings. The quantitative estimate of drug-likeness (QED) is 0.896. The zero-order chi connectivity index (χ0) is 14.1. The fourth-order valence-corrected chi connectivity index (χ4v) is 3.28. The van der Waals surface area contributed by atoms with E-state index < -0.39 is 19.9 Å². The van der Waals surface area contributed by atoms with E-state index in [4.69, 9.17) is 0 Å². The van der Waals surface area contributed by atoms with Gasteiger partial charge in [0.15, 0.2) is 9.84 Å². The van der Waals surface area contributed by atoms with Crippen LogP contribution in [-0.4, -0.2) is 28.3 Å². The first-order valence-corrected chi connectivity index (χ1v) is 9.26. The van der Waals surface area contributed by atoms with Crippen molar-refractivity contribution < 1.29 is 16.8 Å². The maximum atomic E-state index is 11.7. The monoisotopic (exact) mass is 301 g/mol. The molecule has 2 rings (SSSR count). The summed E-state index contributed by atoms with van der Waals surface area (Å²) in [6.45, 7) is 0. The van der Waals surface area contributed by atoms with Gasteiger partial charge in [0, 0.05) is 17.4 Å². The maximum Gasteiger partial charge on any atom is 0.235 e. The summed E-state index contributed by atoms with van der Waals surface area (Å²) in [7, 11) is -6.41. The first kappa shape index (κ1) is 14.1. The molecule has 7 heteroatoms. The minimum absolute atomic E-state index is 0.266. The van der Waals surface area contributed by atoms with Gasteiger partial charge in [0.1, 0.15) is 0 Å². The molecule has 0 atom stereocenters. The molecule has 0 heterocycles. The standard InChI is InChI=1S/C12H15NO4S2/c1-18(14,15)9-8-10-2-4-11(5-3-10)13-19(16,17)12-6-7-12/h2-5,8-9,12-13H,6-7H2,1H3/b9-8+. The molecule has 0 amide bonds. The molecule has 1 aromatic carbocycles. The first-order valence-electron chi connectivity index (χ1n) is 5.76. The van der Waals surface area contributed by atoms with Gasteiger partial charge in [-0.3, -0.25) is 4.72 Å². The third-order valence-electron chi connectivity index (χ3n) is 2.64. The van der Waals surface area contributed by atoms with Crippen molar-refractivity contribution in [1.29, 1.82) is 0 Å². The molecule has 0 aromatic heterocycles. The van der Waals surface area contributed by atoms with Crippen molar-refractivity contribution in [1.82, 2.24) is 0 Å². The topological polar surface area (TPSA) is 80.3 Å². The predicted molar refractivity (Wildman–Crippen MR) is 75.9 cm³/mol. The van der Waals surface area contributed by atoms with Gasteiger partial charge >= 0.3 is 0 Å². The van der Waals surface area contributed by atoms with E-state index in [0.29, 0.717) is 24.1 Å². The predicted octanol–water partition coefficient (Wildman–Crippen LogP) is 1.61. The van der Waals surface area contributed by atoms with Crippen molar-refractivity contribution >= 4 is 31.6 Å². The Morgan fingerprint density at radius 2 is 1.68 bits per heavy atom. The smallest absolute Gasteiger partial charge is 0.235 e. The van der Waals surface area contributed by atoms with Gasteiger partial charge in [0.2, 0.25) is 10.0 Å². The second-order valence-corrected chi connectivity index (χ2v) is 8.49. The number of rotatable bonds is 5. The van der Waals surface area contributed by atoms with Gasteiger partial charge < -0.3 is 0 Å². The molecule has 1 N–H and O–H groups in total. The molecule has 104 valence electrons. The van der Waals surface area contributed by atoms with E-state index in [-0.39, 0.29) is 5.25 Å². The van der Waals surface area contributed by atoms with E-state index in [1.165, 1.54) is 6.08 Å². The SMILES string of the molecule is CS(=O)(=O)/C=C/c1ccc(NS(=O)(=O)C2CC2)cc1. The number of hydrogen-bond donors (Lipinski definition) is 1. The molecular weight excluding hydrogens is 286 g/mol. The summed E-state index contributed by atoms with van der Waals surface area (Å²) < 4.78 is 47.8. The van der Waals surface area contributed by atoms with Crippen molar-refractivity contribution in [2.45, 2.75) is 18.1 Å². The van der Waals surface area contributed by atoms with Gasteiger partial charge in [0.25, 0.3) is 0 Å². The van der Waals surface area contributed by atoms with Crippen LogP contribution in [0.2, 0.25) is 0 Å². The molecule has 1 aromatic rings. The Hall–Kier alpha value is -1.34. The molecule has 0 saturated heterocycles. The largest absolute Gasteiger partial charge is 0.283 e. The van der Waals surface area contributed by atoms with Gasteiger partial charge in [-0.25, -0.2) is 16.8 Å². The molecule has 19 heavy (non-hydrogen) atoms. The van der Waals surface area contributed by atoms with Crippen LogP contribution in [0, 0.1) is 0 Å². The average Bonchev–Trinajstić information content (AvgIpc) is 3.10. The Kier molecular flexibility index (Phi) is 3.69. The molecule has 5 nitrogen and oxygen atoms in total. The minimum Gasteiger partial charge on any atom is -0.283 e. The molecule has 0 radical (unpaired) electrons. The van der Waals surface area contributed by atoms with Gasteiger partial charge in [-0.1, -0.05) is 12.1 Å². The van der Waals surface area contributed by atoms with Crippen LogP contribution in [0.1, 0.15) is 18.4 Å². The van der Waals surface area contributed by atoms with E-state index in [1.54, 1.807) is 24.3 Å². The van der Waals surface area contributed by atoms with Crippen LogP contribution in [0.3, 0.4) is 0 Å². The second-order valence-electron chi connectivity index (χ2n) is 4.60. The van der Waals surface area contributed by atoms with Gasteiger partial charge in [-0.2, -0.15) is 0 Å². The van der Waals surface area contributed by atoms with E-state index in [2.05, 4.69) is 4.72 Å². The highest BCUT2D eigenvalue weighted by Crippen LogP contribution is 2.29. The highest BCUT2D eigenvalue weighted by atomic mass is 32.2. The van der Waals surface area contributed by atoms with E-state index >= 15 is 0 Å². The zero-order valence-electron chi connectivity index (χ0n) is 10.4. The van der Waals surface area contributed by atoms with Gasteiger partial charge in [-0.15, -0.1) is 0 Å². The summed E-state index contributed by atoms with van der Waals surface area (Å²) in [5, 5.41) is 0.841. The number of benzene rings is 1. The van der Waals surface area contributed by atoms with Gasteiger partial charge in [-0.05, 0) is 36.6 Å². The minimum atomic E-state index is -3.25. The van der Waals surface area contributed by atoms with Crippen molar-refractivity contribution in [3.63, 3.8) is 0 Å². The molecule has 0 bridgehead atoms. The lowest BCUT2D eigenvalue weighted by molar-refractivity contribution is 0.599. The average molecular weight is 301 g/mol. The van der Waals surface area contributed by atoms with E-state index in [0.717, 1.165) is 11.7 Å². The summed E-state index contributed by atoms with van der Waals surface area (Å²) in [5.74, 6) is 0. The maximum absolute atomic E-state index is 11.7. The lowest BCUT2D eigenvalue weighted by Crippen LogP contribution is -2.17. The highest BCUT2D eigenvalue weighted by Gasteiger charge is 2.35. The molecule has 0 spiro atoms. The number of nitrogens with one attached hydrogen (secondary N) is 1. The summed E-state index contributed by atoms with van der Waals surface area (Å²) in [6.07, 6.45) is 4.01. The molecule has 0 unspecified atom stereocenters. The fourth-order valence-electron chi connectivity index (χ4n) is 1.49. The fraction of sp³-hybridized carbons (Fsp3) is 0.333. The molecule has 1 saturated carbocycles. The van der Waals surface area contributed by atoms with Crippen molar-refractivity contribution in [3.05, 3.63) is 35.2 Å². The third kappa shape index (κ3) is 4.36.